The molecule has 0 bridgehead atoms. The number of anilines is 2. The van der Waals surface area contributed by atoms with Gasteiger partial charge in [-0.2, -0.15) is 0 Å². The second-order valence-electron chi connectivity index (χ2n) is 5.80. The van der Waals surface area contributed by atoms with Crippen molar-refractivity contribution in [2.75, 3.05) is 31.0 Å². The number of ether oxygens (including phenoxy) is 2. The van der Waals surface area contributed by atoms with Crippen LogP contribution < -0.4 is 19.7 Å². The molecule has 0 aliphatic carbocycles. The number of carbonyl (C=O) groups excluding carboxylic acids is 2. The van der Waals surface area contributed by atoms with E-state index in [1.54, 1.807) is 30.2 Å². The number of amides is 2. The lowest BCUT2D eigenvalue weighted by Gasteiger charge is -2.17. The standard InChI is InChI=1S/C19H20N2O4/c1-24-15-8-9-16(17(11-15)25-2)20-19(23)13-10-18(22)21(12-13)14-6-4-3-5-7-14/h3-9,11,13H,10,12H2,1-2H3,(H,20,23)/t13-/m1/s1. The minimum atomic E-state index is -0.403. The third-order valence-electron chi connectivity index (χ3n) is 4.23. The number of methoxy groups -OCH3 is 2. The predicted molar refractivity (Wildman–Crippen MR) is 95.1 cm³/mol. The predicted octanol–water partition coefficient (Wildman–Crippen LogP) is 2.70. The van der Waals surface area contributed by atoms with Gasteiger partial charge in [-0.25, -0.2) is 0 Å². The first kappa shape index (κ1) is 16.8. The van der Waals surface area contributed by atoms with Crippen LogP contribution >= 0.6 is 0 Å². The van der Waals surface area contributed by atoms with Crippen molar-refractivity contribution in [1.29, 1.82) is 0 Å². The normalized spacial score (nSPS) is 16.6. The van der Waals surface area contributed by atoms with Gasteiger partial charge in [-0.05, 0) is 24.3 Å². The number of carbonyl (C=O) groups is 2. The number of benzene rings is 2. The molecule has 0 spiro atoms. The van der Waals surface area contributed by atoms with Gasteiger partial charge >= 0.3 is 0 Å². The maximum Gasteiger partial charge on any atom is 0.229 e. The van der Waals surface area contributed by atoms with Gasteiger partial charge < -0.3 is 19.7 Å². The molecule has 6 nitrogen and oxygen atoms in total. The van der Waals surface area contributed by atoms with Crippen molar-refractivity contribution in [3.63, 3.8) is 0 Å². The largest absolute Gasteiger partial charge is 0.497 e. The van der Waals surface area contributed by atoms with E-state index >= 15 is 0 Å². The number of hydrogen-bond donors (Lipinski definition) is 1. The molecule has 0 saturated carbocycles. The van der Waals surface area contributed by atoms with Crippen molar-refractivity contribution in [3.8, 4) is 11.5 Å². The number of para-hydroxylation sites is 1. The second-order valence-corrected chi connectivity index (χ2v) is 5.80. The summed E-state index contributed by atoms with van der Waals surface area (Å²) in [7, 11) is 3.09. The van der Waals surface area contributed by atoms with Gasteiger partial charge in [0, 0.05) is 24.7 Å². The van der Waals surface area contributed by atoms with Gasteiger partial charge in [0.25, 0.3) is 0 Å². The number of nitrogens with one attached hydrogen (secondary N) is 1. The second kappa shape index (κ2) is 7.25. The molecule has 130 valence electrons. The van der Waals surface area contributed by atoms with Crippen LogP contribution in [0.4, 0.5) is 11.4 Å². The molecule has 0 unspecified atom stereocenters. The van der Waals surface area contributed by atoms with Gasteiger partial charge in [0.2, 0.25) is 11.8 Å². The quantitative estimate of drug-likeness (QED) is 0.909. The molecular formula is C19H20N2O4. The van der Waals surface area contributed by atoms with Crippen LogP contribution in [0, 0.1) is 5.92 Å². The first-order chi connectivity index (χ1) is 12.1. The Kier molecular flexibility index (Phi) is 4.88. The Morgan fingerprint density at radius 2 is 1.88 bits per heavy atom. The summed E-state index contributed by atoms with van der Waals surface area (Å²) in [4.78, 5) is 26.5. The summed E-state index contributed by atoms with van der Waals surface area (Å²) in [5.74, 6) is 0.501. The molecule has 2 amide bonds. The van der Waals surface area contributed by atoms with E-state index < -0.39 is 5.92 Å². The summed E-state index contributed by atoms with van der Waals surface area (Å²) in [5.41, 5.74) is 1.36. The Balaban J connectivity index is 1.71. The lowest BCUT2D eigenvalue weighted by atomic mass is 10.1. The highest BCUT2D eigenvalue weighted by molar-refractivity contribution is 6.03. The average Bonchev–Trinajstić information content (AvgIpc) is 3.04. The van der Waals surface area contributed by atoms with Crippen LogP contribution in [-0.2, 0) is 9.59 Å². The molecule has 0 radical (unpaired) electrons. The molecule has 25 heavy (non-hydrogen) atoms. The van der Waals surface area contributed by atoms with Crippen LogP contribution in [0.5, 0.6) is 11.5 Å². The van der Waals surface area contributed by atoms with Crippen LogP contribution in [0.15, 0.2) is 48.5 Å². The third kappa shape index (κ3) is 3.57. The number of hydrogen-bond acceptors (Lipinski definition) is 4. The van der Waals surface area contributed by atoms with Gasteiger partial charge in [-0.3, -0.25) is 9.59 Å². The Hall–Kier alpha value is -3.02. The van der Waals surface area contributed by atoms with Crippen LogP contribution in [0.2, 0.25) is 0 Å². The molecule has 6 heteroatoms. The smallest absolute Gasteiger partial charge is 0.229 e. The summed E-state index contributed by atoms with van der Waals surface area (Å²) >= 11 is 0. The number of nitrogens with zero attached hydrogens (tertiary/aromatic N) is 1. The van der Waals surface area contributed by atoms with E-state index in [2.05, 4.69) is 5.32 Å². The molecule has 1 heterocycles. The molecule has 1 aliphatic rings. The molecule has 1 aliphatic heterocycles. The van der Waals surface area contributed by atoms with E-state index in [1.165, 1.54) is 7.11 Å². The van der Waals surface area contributed by atoms with Gasteiger partial charge in [-0.15, -0.1) is 0 Å². The minimum absolute atomic E-state index is 0.0481. The molecule has 1 N–H and O–H groups in total. The highest BCUT2D eigenvalue weighted by Gasteiger charge is 2.35. The topological polar surface area (TPSA) is 67.9 Å². The summed E-state index contributed by atoms with van der Waals surface area (Å²) in [5, 5.41) is 2.85. The first-order valence-corrected chi connectivity index (χ1v) is 8.00. The molecule has 3 rings (SSSR count). The van der Waals surface area contributed by atoms with Crippen LogP contribution in [-0.4, -0.2) is 32.6 Å². The van der Waals surface area contributed by atoms with Crippen LogP contribution in [0.3, 0.4) is 0 Å². The van der Waals surface area contributed by atoms with Crippen molar-refractivity contribution in [3.05, 3.63) is 48.5 Å². The molecule has 1 fully saturated rings. The Labute approximate surface area is 146 Å². The fourth-order valence-electron chi connectivity index (χ4n) is 2.88. The van der Waals surface area contributed by atoms with Gasteiger partial charge in [0.1, 0.15) is 11.5 Å². The Morgan fingerprint density at radius 1 is 1.12 bits per heavy atom. The minimum Gasteiger partial charge on any atom is -0.497 e. The number of rotatable bonds is 5. The van der Waals surface area contributed by atoms with Crippen molar-refractivity contribution in [2.24, 2.45) is 5.92 Å². The van der Waals surface area contributed by atoms with Crippen LogP contribution in [0.1, 0.15) is 6.42 Å². The first-order valence-electron chi connectivity index (χ1n) is 8.00. The molecule has 2 aromatic carbocycles. The Morgan fingerprint density at radius 3 is 2.56 bits per heavy atom. The zero-order valence-electron chi connectivity index (χ0n) is 14.2. The Bertz CT molecular complexity index is 776. The van der Waals surface area contributed by atoms with Gasteiger partial charge in [0.05, 0.1) is 25.8 Å². The lowest BCUT2D eigenvalue weighted by Crippen LogP contribution is -2.28. The van der Waals surface area contributed by atoms with Gasteiger partial charge in [-0.1, -0.05) is 18.2 Å². The fourth-order valence-corrected chi connectivity index (χ4v) is 2.88. The molecule has 1 saturated heterocycles. The highest BCUT2D eigenvalue weighted by Crippen LogP contribution is 2.31. The van der Waals surface area contributed by atoms with E-state index in [0.717, 1.165) is 5.69 Å². The molecule has 2 aromatic rings. The van der Waals surface area contributed by atoms with E-state index in [9.17, 15) is 9.59 Å². The average molecular weight is 340 g/mol. The summed E-state index contributed by atoms with van der Waals surface area (Å²) in [6, 6.07) is 14.5. The van der Waals surface area contributed by atoms with Crippen molar-refractivity contribution >= 4 is 23.2 Å². The summed E-state index contributed by atoms with van der Waals surface area (Å²) in [6.07, 6.45) is 0.194. The van der Waals surface area contributed by atoms with Crippen LogP contribution in [0.25, 0.3) is 0 Å². The van der Waals surface area contributed by atoms with Crippen molar-refractivity contribution in [1.82, 2.24) is 0 Å². The molecule has 1 atom stereocenters. The molecule has 0 aromatic heterocycles. The zero-order valence-corrected chi connectivity index (χ0v) is 14.2. The maximum absolute atomic E-state index is 12.6. The van der Waals surface area contributed by atoms with Crippen molar-refractivity contribution < 1.29 is 19.1 Å². The SMILES string of the molecule is COc1ccc(NC(=O)[C@@H]2CC(=O)N(c3ccccc3)C2)c(OC)c1. The summed E-state index contributed by atoms with van der Waals surface area (Å²) in [6.45, 7) is 0.368. The van der Waals surface area contributed by atoms with E-state index in [0.29, 0.717) is 23.7 Å². The van der Waals surface area contributed by atoms with E-state index in [-0.39, 0.29) is 18.2 Å². The monoisotopic (exact) mass is 340 g/mol. The molecular weight excluding hydrogens is 320 g/mol. The van der Waals surface area contributed by atoms with Crippen molar-refractivity contribution in [2.45, 2.75) is 6.42 Å². The third-order valence-corrected chi connectivity index (χ3v) is 4.23. The summed E-state index contributed by atoms with van der Waals surface area (Å²) < 4.78 is 10.4. The van der Waals surface area contributed by atoms with E-state index in [1.807, 2.05) is 30.3 Å². The highest BCUT2D eigenvalue weighted by atomic mass is 16.5. The maximum atomic E-state index is 12.6. The van der Waals surface area contributed by atoms with E-state index in [4.69, 9.17) is 9.47 Å². The fraction of sp³-hybridized carbons (Fsp3) is 0.263. The lowest BCUT2D eigenvalue weighted by molar-refractivity contribution is -0.122. The van der Waals surface area contributed by atoms with Gasteiger partial charge in [0.15, 0.2) is 0 Å². The zero-order chi connectivity index (χ0) is 17.8.